The molecule has 0 spiro atoms. The van der Waals surface area contributed by atoms with Gasteiger partial charge < -0.3 is 13.4 Å². The van der Waals surface area contributed by atoms with Crippen LogP contribution in [0.4, 0.5) is 0 Å². The first-order valence-corrected chi connectivity index (χ1v) is 21.8. The Morgan fingerprint density at radius 1 is 0.308 bits per heavy atom. The summed E-state index contributed by atoms with van der Waals surface area (Å²) in [7, 11) is 0. The normalized spacial score (nSPS) is 12.0. The molecule has 0 unspecified atom stereocenters. The molecule has 0 aliphatic rings. The maximum atomic E-state index is 6.64. The molecule has 0 saturated heterocycles. The van der Waals surface area contributed by atoms with Crippen LogP contribution in [-0.4, -0.2) is 19.5 Å². The van der Waals surface area contributed by atoms with Gasteiger partial charge in [-0.25, -0.2) is 15.0 Å². The Balaban J connectivity index is 0.918. The summed E-state index contributed by atoms with van der Waals surface area (Å²) in [6, 6.07) is 72.2. The van der Waals surface area contributed by atoms with Crippen molar-refractivity contribution in [3.8, 4) is 51.0 Å². The van der Waals surface area contributed by atoms with Crippen molar-refractivity contribution in [1.82, 2.24) is 19.5 Å². The molecule has 302 valence electrons. The van der Waals surface area contributed by atoms with E-state index < -0.39 is 0 Å². The molecule has 4 aromatic heterocycles. The van der Waals surface area contributed by atoms with E-state index in [1.807, 2.05) is 42.5 Å². The fraction of sp³-hybridized carbons (Fsp3) is 0. The van der Waals surface area contributed by atoms with Gasteiger partial charge in [-0.1, -0.05) is 121 Å². The lowest BCUT2D eigenvalue weighted by molar-refractivity contribution is 0.668. The SMILES string of the molecule is c1ccc(-n2c3ccccc3c3c(-c4ccc5c(c4)oc4ccc(-c6nc(-c7ccc8c(ccc9ccccc98)c7)nc(-c7ccc8oc9ccccc9c8c7)n6)cc45)cccc32)cc1. The summed E-state index contributed by atoms with van der Waals surface area (Å²) in [6.07, 6.45) is 0. The number of aromatic nitrogens is 4. The van der Waals surface area contributed by atoms with Gasteiger partial charge in [0, 0.05) is 54.7 Å². The summed E-state index contributed by atoms with van der Waals surface area (Å²) >= 11 is 0. The molecule has 0 aliphatic carbocycles. The lowest BCUT2D eigenvalue weighted by Crippen LogP contribution is -2.00. The van der Waals surface area contributed by atoms with Gasteiger partial charge >= 0.3 is 0 Å². The zero-order valence-electron chi connectivity index (χ0n) is 34.7. The molecule has 4 heterocycles. The Morgan fingerprint density at radius 3 is 1.63 bits per heavy atom. The van der Waals surface area contributed by atoms with Gasteiger partial charge in [0.05, 0.1) is 11.0 Å². The summed E-state index contributed by atoms with van der Waals surface area (Å²) in [5, 5.41) is 11.3. The average molecular weight is 831 g/mol. The molecule has 6 nitrogen and oxygen atoms in total. The molecule has 0 amide bonds. The molecule has 14 rings (SSSR count). The third-order valence-corrected chi connectivity index (χ3v) is 13.0. The minimum absolute atomic E-state index is 0.579. The van der Waals surface area contributed by atoms with Gasteiger partial charge in [-0.15, -0.1) is 0 Å². The summed E-state index contributed by atoms with van der Waals surface area (Å²) in [5.74, 6) is 1.76. The lowest BCUT2D eigenvalue weighted by atomic mass is 9.98. The van der Waals surface area contributed by atoms with E-state index in [-0.39, 0.29) is 0 Å². The minimum atomic E-state index is 0.579. The van der Waals surface area contributed by atoms with E-state index in [9.17, 15) is 0 Å². The summed E-state index contributed by atoms with van der Waals surface area (Å²) in [5.41, 5.74) is 11.7. The molecule has 0 N–H and O–H groups in total. The monoisotopic (exact) mass is 830 g/mol. The predicted octanol–water partition coefficient (Wildman–Crippen LogP) is 15.7. The van der Waals surface area contributed by atoms with Crippen LogP contribution in [-0.2, 0) is 0 Å². The highest BCUT2D eigenvalue weighted by atomic mass is 16.3. The lowest BCUT2D eigenvalue weighted by Gasteiger charge is -2.10. The van der Waals surface area contributed by atoms with Crippen LogP contribution >= 0.6 is 0 Å². The van der Waals surface area contributed by atoms with Gasteiger partial charge in [0.2, 0.25) is 0 Å². The highest BCUT2D eigenvalue weighted by molar-refractivity contribution is 6.17. The molecular weight excluding hydrogens is 797 g/mol. The second-order valence-corrected chi connectivity index (χ2v) is 16.7. The molecule has 0 saturated carbocycles. The highest BCUT2D eigenvalue weighted by Gasteiger charge is 2.19. The quantitative estimate of drug-likeness (QED) is 0.162. The van der Waals surface area contributed by atoms with Crippen molar-refractivity contribution in [2.75, 3.05) is 0 Å². The van der Waals surface area contributed by atoms with E-state index in [2.05, 4.69) is 168 Å². The van der Waals surface area contributed by atoms with Crippen molar-refractivity contribution in [1.29, 1.82) is 0 Å². The van der Waals surface area contributed by atoms with E-state index >= 15 is 0 Å². The highest BCUT2D eigenvalue weighted by Crippen LogP contribution is 2.41. The van der Waals surface area contributed by atoms with E-state index in [1.165, 1.54) is 32.4 Å². The molecule has 0 aliphatic heterocycles. The maximum Gasteiger partial charge on any atom is 0.164 e. The third kappa shape index (κ3) is 5.57. The van der Waals surface area contributed by atoms with Crippen molar-refractivity contribution in [3.63, 3.8) is 0 Å². The number of rotatable bonds is 5. The van der Waals surface area contributed by atoms with E-state index in [1.54, 1.807) is 0 Å². The van der Waals surface area contributed by atoms with Gasteiger partial charge in [0.15, 0.2) is 17.5 Å². The molecule has 14 aromatic rings. The Labute approximate surface area is 371 Å². The van der Waals surface area contributed by atoms with Crippen molar-refractivity contribution in [2.24, 2.45) is 0 Å². The van der Waals surface area contributed by atoms with E-state index in [4.69, 9.17) is 23.8 Å². The largest absolute Gasteiger partial charge is 0.456 e. The van der Waals surface area contributed by atoms with Crippen molar-refractivity contribution < 1.29 is 8.83 Å². The van der Waals surface area contributed by atoms with E-state index in [0.717, 1.165) is 88.3 Å². The number of nitrogens with zero attached hydrogens (tertiary/aromatic N) is 4. The van der Waals surface area contributed by atoms with Gasteiger partial charge in [-0.3, -0.25) is 0 Å². The average Bonchev–Trinajstić information content (AvgIpc) is 4.05. The van der Waals surface area contributed by atoms with Crippen LogP contribution in [0.5, 0.6) is 0 Å². The molecule has 65 heavy (non-hydrogen) atoms. The number of para-hydroxylation sites is 3. The smallest absolute Gasteiger partial charge is 0.164 e. The number of hydrogen-bond donors (Lipinski definition) is 0. The number of hydrogen-bond acceptors (Lipinski definition) is 5. The zero-order chi connectivity index (χ0) is 42.6. The molecule has 0 bridgehead atoms. The molecule has 10 aromatic carbocycles. The molecule has 0 radical (unpaired) electrons. The van der Waals surface area contributed by atoms with Crippen molar-refractivity contribution in [3.05, 3.63) is 206 Å². The number of benzene rings is 10. The van der Waals surface area contributed by atoms with Gasteiger partial charge in [0.25, 0.3) is 0 Å². The standard InChI is InChI=1S/C59H34N4O2/c1-2-12-41(13-3-1)63-50-18-8-6-16-47(50)56-44(17-10-19-51(56)63)37-23-28-46-49-33-40(26-30-54(49)65-55(46)34-37)59-61-57(38-24-27-43-36(31-38)22-21-35-11-4-5-14-42(35)43)60-58(62-59)39-25-29-53-48(32-39)45-15-7-9-20-52(45)64-53/h1-34H. The van der Waals surface area contributed by atoms with Crippen molar-refractivity contribution in [2.45, 2.75) is 0 Å². The Bertz CT molecular complexity index is 4250. The summed E-state index contributed by atoms with van der Waals surface area (Å²) < 4.78 is 15.2. The van der Waals surface area contributed by atoms with Crippen LogP contribution in [0.1, 0.15) is 0 Å². The van der Waals surface area contributed by atoms with Gasteiger partial charge in [-0.05, 0) is 118 Å². The summed E-state index contributed by atoms with van der Waals surface area (Å²) in [6.45, 7) is 0. The number of fused-ring (bicyclic) bond motifs is 12. The third-order valence-electron chi connectivity index (χ3n) is 13.0. The second kappa shape index (κ2) is 13.8. The Morgan fingerprint density at radius 2 is 0.846 bits per heavy atom. The van der Waals surface area contributed by atoms with Crippen LogP contribution in [0.2, 0.25) is 0 Å². The first kappa shape index (κ1) is 35.7. The predicted molar refractivity (Wildman–Crippen MR) is 265 cm³/mol. The minimum Gasteiger partial charge on any atom is -0.456 e. The van der Waals surface area contributed by atoms with Gasteiger partial charge in [-0.2, -0.15) is 0 Å². The molecular formula is C59H34N4O2. The summed E-state index contributed by atoms with van der Waals surface area (Å²) in [4.78, 5) is 15.6. The first-order valence-electron chi connectivity index (χ1n) is 21.8. The Hall–Kier alpha value is -8.87. The van der Waals surface area contributed by atoms with Crippen LogP contribution in [0, 0.1) is 0 Å². The van der Waals surface area contributed by atoms with Crippen LogP contribution < -0.4 is 0 Å². The van der Waals surface area contributed by atoms with E-state index in [0.29, 0.717) is 17.5 Å². The molecule has 6 heteroatoms. The molecule has 0 fully saturated rings. The van der Waals surface area contributed by atoms with Crippen LogP contribution in [0.15, 0.2) is 215 Å². The Kier molecular flexibility index (Phi) is 7.59. The second-order valence-electron chi connectivity index (χ2n) is 16.7. The molecule has 0 atom stereocenters. The van der Waals surface area contributed by atoms with Gasteiger partial charge in [0.1, 0.15) is 22.3 Å². The van der Waals surface area contributed by atoms with Crippen molar-refractivity contribution >= 4 is 87.2 Å². The van der Waals surface area contributed by atoms with Crippen LogP contribution in [0.3, 0.4) is 0 Å². The maximum absolute atomic E-state index is 6.64. The fourth-order valence-electron chi connectivity index (χ4n) is 9.98. The van der Waals surface area contributed by atoms with Crippen LogP contribution in [0.25, 0.3) is 138 Å². The topological polar surface area (TPSA) is 69.9 Å². The number of furan rings is 2. The zero-order valence-corrected chi connectivity index (χ0v) is 34.7. The first-order chi connectivity index (χ1) is 32.2. The fourth-order valence-corrected chi connectivity index (χ4v) is 9.98.